The number of guanidine groups is 1. The molecule has 7 nitrogen and oxygen atoms in total. The predicted molar refractivity (Wildman–Crippen MR) is 111 cm³/mol. The molecule has 0 radical (unpaired) electrons. The molecule has 5 rings (SSSR count). The molecule has 0 saturated heterocycles. The van der Waals surface area contributed by atoms with Gasteiger partial charge in [0.05, 0.1) is 23.9 Å². The molecule has 2 heterocycles. The number of carbonyl (C=O) groups excluding carboxylic acids is 1. The molecule has 150 valence electrons. The van der Waals surface area contributed by atoms with Crippen molar-refractivity contribution >= 4 is 23.2 Å². The Morgan fingerprint density at radius 3 is 2.69 bits per heavy atom. The van der Waals surface area contributed by atoms with Crippen molar-refractivity contribution in [2.45, 2.75) is 56.7 Å². The fourth-order valence-corrected chi connectivity index (χ4v) is 4.87. The van der Waals surface area contributed by atoms with E-state index in [1.165, 1.54) is 0 Å². The van der Waals surface area contributed by atoms with E-state index >= 15 is 0 Å². The number of nitrogens with two attached hydrogens (primary N) is 1. The molecule has 1 aromatic heterocycles. The molecule has 1 aromatic carbocycles. The number of nitrogens with one attached hydrogen (secondary N) is 1. The zero-order valence-electron chi connectivity index (χ0n) is 16.6. The summed E-state index contributed by atoms with van der Waals surface area (Å²) in [4.78, 5) is 23.6. The van der Waals surface area contributed by atoms with Gasteiger partial charge in [-0.3, -0.25) is 14.7 Å². The fourth-order valence-electron chi connectivity index (χ4n) is 4.87. The van der Waals surface area contributed by atoms with Gasteiger partial charge in [0, 0.05) is 23.8 Å². The zero-order chi connectivity index (χ0) is 20.4. The fraction of sp³-hybridized carbons (Fsp3) is 0.409. The molecule has 1 aliphatic heterocycles. The first-order chi connectivity index (χ1) is 13.8. The number of amides is 1. The van der Waals surface area contributed by atoms with Crippen LogP contribution in [0.3, 0.4) is 0 Å². The lowest BCUT2D eigenvalue weighted by Crippen LogP contribution is -2.62. The second-order valence-electron chi connectivity index (χ2n) is 8.82. The van der Waals surface area contributed by atoms with Crippen LogP contribution in [0.25, 0.3) is 0 Å². The summed E-state index contributed by atoms with van der Waals surface area (Å²) >= 11 is 0. The van der Waals surface area contributed by atoms with Crippen LogP contribution < -0.4 is 11.1 Å². The lowest BCUT2D eigenvalue weighted by molar-refractivity contribution is -0.139. The summed E-state index contributed by atoms with van der Waals surface area (Å²) in [5.41, 5.74) is 10.1. The van der Waals surface area contributed by atoms with Gasteiger partial charge in [0.25, 0.3) is 0 Å². The zero-order valence-corrected chi connectivity index (χ0v) is 16.6. The average molecular weight is 391 g/mol. The largest absolute Gasteiger partial charge is 0.390 e. The number of hydrogen-bond acceptors (Lipinski definition) is 6. The highest BCUT2D eigenvalue weighted by Gasteiger charge is 2.53. The van der Waals surface area contributed by atoms with Crippen molar-refractivity contribution in [3.63, 3.8) is 0 Å². The van der Waals surface area contributed by atoms with Crippen LogP contribution in [0.15, 0.2) is 41.5 Å². The number of rotatable bonds is 3. The number of nitrogens with zero attached hydrogens (tertiary/aromatic N) is 3. The Morgan fingerprint density at radius 1 is 1.24 bits per heavy atom. The molecule has 0 unspecified atom stereocenters. The normalized spacial score (nSPS) is 30.3. The summed E-state index contributed by atoms with van der Waals surface area (Å²) in [5.74, 6) is 0.262. The van der Waals surface area contributed by atoms with Crippen molar-refractivity contribution in [3.05, 3.63) is 53.3 Å². The van der Waals surface area contributed by atoms with E-state index in [0.717, 1.165) is 28.2 Å². The van der Waals surface area contributed by atoms with Crippen molar-refractivity contribution in [2.75, 3.05) is 5.32 Å². The number of benzene rings is 1. The van der Waals surface area contributed by atoms with E-state index in [9.17, 15) is 9.90 Å². The third-order valence-corrected chi connectivity index (χ3v) is 6.34. The summed E-state index contributed by atoms with van der Waals surface area (Å²) in [7, 11) is 0. The number of aliphatic hydroxyl groups is 1. The Bertz CT molecular complexity index is 1020. The van der Waals surface area contributed by atoms with Gasteiger partial charge in [-0.2, -0.15) is 0 Å². The first kappa shape index (κ1) is 18.1. The number of hydrogen-bond donors (Lipinski definition) is 3. The monoisotopic (exact) mass is 391 g/mol. The van der Waals surface area contributed by atoms with Gasteiger partial charge in [-0.15, -0.1) is 0 Å². The SMILES string of the molecule is Cc1ccc(Nc2cccc3c2C[C@]32CC(=O)N(C3CC(C)(O)C3)C(N)=N2)cn1. The Kier molecular flexibility index (Phi) is 3.77. The molecule has 1 fully saturated rings. The van der Waals surface area contributed by atoms with Crippen molar-refractivity contribution in [3.8, 4) is 0 Å². The van der Waals surface area contributed by atoms with Crippen molar-refractivity contribution < 1.29 is 9.90 Å². The van der Waals surface area contributed by atoms with Gasteiger partial charge in [-0.1, -0.05) is 12.1 Å². The second kappa shape index (κ2) is 6.03. The maximum absolute atomic E-state index is 12.9. The molecule has 1 spiro atoms. The molecular formula is C22H25N5O2. The van der Waals surface area contributed by atoms with E-state index < -0.39 is 11.1 Å². The van der Waals surface area contributed by atoms with Crippen LogP contribution in [0, 0.1) is 6.92 Å². The summed E-state index contributed by atoms with van der Waals surface area (Å²) in [5, 5.41) is 13.4. The van der Waals surface area contributed by atoms with E-state index in [1.54, 1.807) is 11.8 Å². The summed E-state index contributed by atoms with van der Waals surface area (Å²) in [6.07, 6.45) is 3.88. The summed E-state index contributed by atoms with van der Waals surface area (Å²) in [6, 6.07) is 9.96. The van der Waals surface area contributed by atoms with Crippen LogP contribution in [0.1, 0.15) is 43.0 Å². The number of aryl methyl sites for hydroxylation is 1. The Hall–Kier alpha value is -2.93. The smallest absolute Gasteiger partial charge is 0.232 e. The van der Waals surface area contributed by atoms with Crippen molar-refractivity contribution in [1.29, 1.82) is 0 Å². The molecule has 0 bridgehead atoms. The molecular weight excluding hydrogens is 366 g/mol. The van der Waals surface area contributed by atoms with Gasteiger partial charge in [0.2, 0.25) is 5.91 Å². The number of fused-ring (bicyclic) bond motifs is 2. The minimum Gasteiger partial charge on any atom is -0.390 e. The topological polar surface area (TPSA) is 104 Å². The van der Waals surface area contributed by atoms with Crippen molar-refractivity contribution in [2.24, 2.45) is 10.7 Å². The maximum Gasteiger partial charge on any atom is 0.232 e. The molecule has 3 aliphatic rings. The molecule has 1 atom stereocenters. The maximum atomic E-state index is 12.9. The summed E-state index contributed by atoms with van der Waals surface area (Å²) < 4.78 is 0. The lowest BCUT2D eigenvalue weighted by Gasteiger charge is -2.51. The Balaban J connectivity index is 1.41. The second-order valence-corrected chi connectivity index (χ2v) is 8.82. The average Bonchev–Trinajstić information content (AvgIpc) is 2.62. The number of anilines is 2. The minimum atomic E-state index is -0.713. The highest BCUT2D eigenvalue weighted by Crippen LogP contribution is 2.51. The van der Waals surface area contributed by atoms with Gasteiger partial charge >= 0.3 is 0 Å². The molecule has 2 aliphatic carbocycles. The standard InChI is InChI=1S/C22H25N5O2/c1-13-6-7-14(12-24-13)25-18-5-3-4-17-16(18)10-22(17)11-19(28)27(20(23)26-22)15-8-21(2,29)9-15/h3-7,12,15,25,29H,8-11H2,1-2H3,(H2,23,26)/t15?,21?,22-/m0/s1. The summed E-state index contributed by atoms with van der Waals surface area (Å²) in [6.45, 7) is 3.74. The van der Waals surface area contributed by atoms with Crippen LogP contribution >= 0.6 is 0 Å². The van der Waals surface area contributed by atoms with Crippen LogP contribution in [0.2, 0.25) is 0 Å². The van der Waals surface area contributed by atoms with Crippen molar-refractivity contribution in [1.82, 2.24) is 9.88 Å². The quantitative estimate of drug-likeness (QED) is 0.745. The Morgan fingerprint density at radius 2 is 2.03 bits per heavy atom. The van der Waals surface area contributed by atoms with Crippen LogP contribution in [-0.4, -0.2) is 38.5 Å². The molecule has 2 aromatic rings. The van der Waals surface area contributed by atoms with E-state index in [4.69, 9.17) is 10.7 Å². The number of aromatic nitrogens is 1. The molecule has 1 amide bonds. The first-order valence-electron chi connectivity index (χ1n) is 9.98. The third kappa shape index (κ3) is 2.88. The van der Waals surface area contributed by atoms with Gasteiger partial charge < -0.3 is 16.2 Å². The van der Waals surface area contributed by atoms with Gasteiger partial charge in [0.1, 0.15) is 5.54 Å². The van der Waals surface area contributed by atoms with Crippen LogP contribution in [0.5, 0.6) is 0 Å². The molecule has 7 heteroatoms. The highest BCUT2D eigenvalue weighted by atomic mass is 16.3. The van der Waals surface area contributed by atoms with Gasteiger partial charge in [-0.25, -0.2) is 4.99 Å². The van der Waals surface area contributed by atoms with E-state index in [2.05, 4.69) is 10.3 Å². The van der Waals surface area contributed by atoms with Crippen LogP contribution in [0.4, 0.5) is 11.4 Å². The highest BCUT2D eigenvalue weighted by molar-refractivity contribution is 6.00. The molecule has 4 N–H and O–H groups in total. The number of aliphatic imine (C=N–C) groups is 1. The number of carbonyl (C=O) groups is 1. The van der Waals surface area contributed by atoms with E-state index in [1.807, 2.05) is 43.5 Å². The minimum absolute atomic E-state index is 0.00949. The Labute approximate surface area is 169 Å². The van der Waals surface area contributed by atoms with Gasteiger partial charge in [0.15, 0.2) is 5.96 Å². The van der Waals surface area contributed by atoms with E-state index in [0.29, 0.717) is 25.7 Å². The van der Waals surface area contributed by atoms with Gasteiger partial charge in [-0.05, 0) is 56.0 Å². The van der Waals surface area contributed by atoms with E-state index in [-0.39, 0.29) is 17.9 Å². The lowest BCUT2D eigenvalue weighted by atomic mass is 9.67. The third-order valence-electron chi connectivity index (χ3n) is 6.34. The molecule has 29 heavy (non-hydrogen) atoms. The van der Waals surface area contributed by atoms with Crippen LogP contribution in [-0.2, 0) is 16.8 Å². The first-order valence-corrected chi connectivity index (χ1v) is 9.98. The predicted octanol–water partition coefficient (Wildman–Crippen LogP) is 2.35. The number of pyridine rings is 1. The molecule has 1 saturated carbocycles.